The number of amides is 1. The highest BCUT2D eigenvalue weighted by molar-refractivity contribution is 9.10. The molecule has 28 heavy (non-hydrogen) atoms. The number of nitrogens with zero attached hydrogens (tertiary/aromatic N) is 1. The lowest BCUT2D eigenvalue weighted by Gasteiger charge is -2.09. The van der Waals surface area contributed by atoms with Crippen molar-refractivity contribution in [1.29, 1.82) is 0 Å². The largest absolute Gasteiger partial charge is 0.454 e. The number of rotatable bonds is 4. The van der Waals surface area contributed by atoms with Gasteiger partial charge in [0.2, 0.25) is 5.91 Å². The first-order valence-electron chi connectivity index (χ1n) is 7.71. The second-order valence-corrected chi connectivity index (χ2v) is 7.51. The molecule has 0 saturated carbocycles. The van der Waals surface area contributed by atoms with Crippen molar-refractivity contribution in [2.45, 2.75) is 12.7 Å². The fraction of sp³-hybridized carbons (Fsp3) is 0.111. The van der Waals surface area contributed by atoms with E-state index in [-0.39, 0.29) is 27.7 Å². The van der Waals surface area contributed by atoms with Gasteiger partial charge >= 0.3 is 6.18 Å². The van der Waals surface area contributed by atoms with Crippen molar-refractivity contribution in [2.75, 3.05) is 5.32 Å². The van der Waals surface area contributed by atoms with Gasteiger partial charge in [0.25, 0.3) is 5.78 Å². The number of hydrogen-bond donors (Lipinski definition) is 1. The Balaban J connectivity index is 1.96. The van der Waals surface area contributed by atoms with Gasteiger partial charge in [0.15, 0.2) is 0 Å². The Labute approximate surface area is 175 Å². The van der Waals surface area contributed by atoms with Crippen LogP contribution < -0.4 is 5.32 Å². The summed E-state index contributed by atoms with van der Waals surface area (Å²) in [4.78, 5) is 24.2. The van der Waals surface area contributed by atoms with E-state index < -0.39 is 23.4 Å². The summed E-state index contributed by atoms with van der Waals surface area (Å²) < 4.78 is 40.6. The van der Waals surface area contributed by atoms with Gasteiger partial charge in [-0.2, -0.15) is 13.2 Å². The minimum atomic E-state index is -5.03. The molecule has 0 radical (unpaired) electrons. The van der Waals surface area contributed by atoms with Gasteiger partial charge < -0.3 is 9.88 Å². The van der Waals surface area contributed by atoms with Crippen LogP contribution in [0.5, 0.6) is 0 Å². The molecule has 1 heterocycles. The lowest BCUT2D eigenvalue weighted by atomic mass is 10.1. The summed E-state index contributed by atoms with van der Waals surface area (Å²) in [5.41, 5.74) is 0.0468. The average Bonchev–Trinajstić information content (AvgIpc) is 2.94. The van der Waals surface area contributed by atoms with Crippen LogP contribution in [0.15, 0.2) is 47.1 Å². The molecule has 0 aliphatic rings. The Kier molecular flexibility index (Phi) is 5.74. The van der Waals surface area contributed by atoms with Crippen LogP contribution in [0.25, 0.3) is 10.9 Å². The number of nitrogens with one attached hydrogen (secondary N) is 1. The van der Waals surface area contributed by atoms with Crippen molar-refractivity contribution in [3.8, 4) is 0 Å². The van der Waals surface area contributed by atoms with E-state index >= 15 is 0 Å². The third-order valence-electron chi connectivity index (χ3n) is 3.88. The Morgan fingerprint density at radius 1 is 1.14 bits per heavy atom. The molecule has 0 unspecified atom stereocenters. The first-order valence-corrected chi connectivity index (χ1v) is 9.26. The molecule has 146 valence electrons. The molecule has 0 aliphatic carbocycles. The molecule has 2 aromatic carbocycles. The number of ketones is 1. The number of anilines is 1. The normalized spacial score (nSPS) is 11.6. The summed E-state index contributed by atoms with van der Waals surface area (Å²) in [5, 5.41) is 3.03. The maximum Gasteiger partial charge on any atom is 0.454 e. The van der Waals surface area contributed by atoms with Crippen LogP contribution in [0.1, 0.15) is 10.4 Å². The molecule has 1 aromatic heterocycles. The summed E-state index contributed by atoms with van der Waals surface area (Å²) >= 11 is 15.1. The number of Topliss-reactive ketones (excluding diaryl/α,β-unsaturated/α-hetero) is 1. The highest BCUT2D eigenvalue weighted by Gasteiger charge is 2.41. The number of alkyl halides is 3. The molecule has 0 aliphatic heterocycles. The number of hydrogen-bond acceptors (Lipinski definition) is 2. The summed E-state index contributed by atoms with van der Waals surface area (Å²) in [7, 11) is 0. The molecule has 0 atom stereocenters. The lowest BCUT2D eigenvalue weighted by molar-refractivity contribution is -0.116. The third-order valence-corrected chi connectivity index (χ3v) is 5.20. The number of halogens is 6. The molecule has 0 fully saturated rings. The number of carbonyl (C=O) groups is 2. The topological polar surface area (TPSA) is 51.1 Å². The number of carbonyl (C=O) groups excluding carboxylic acids is 2. The number of fused-ring (bicyclic) bond motifs is 1. The Bertz CT molecular complexity index is 1100. The van der Waals surface area contributed by atoms with Crippen molar-refractivity contribution >= 4 is 67.4 Å². The van der Waals surface area contributed by atoms with Crippen LogP contribution in [0.3, 0.4) is 0 Å². The summed E-state index contributed by atoms with van der Waals surface area (Å²) in [5.74, 6) is -2.53. The molecule has 3 rings (SSSR count). The Morgan fingerprint density at radius 2 is 1.86 bits per heavy atom. The first kappa shape index (κ1) is 20.7. The standard InChI is InChI=1S/C18H10BrCl2F3N2O2/c19-9-4-5-14-10(6-9)11(17(28)18(22,23)24)7-26(14)8-15(27)25-13-3-1-2-12(20)16(13)21/h1-7H,8H2,(H,25,27). The van der Waals surface area contributed by atoms with E-state index in [1.54, 1.807) is 18.2 Å². The quantitative estimate of drug-likeness (QED) is 0.447. The predicted octanol–water partition coefficient (Wildman–Crippen LogP) is 6.09. The first-order chi connectivity index (χ1) is 13.1. The van der Waals surface area contributed by atoms with E-state index in [2.05, 4.69) is 21.2 Å². The van der Waals surface area contributed by atoms with Gasteiger partial charge in [0.1, 0.15) is 6.54 Å². The molecule has 10 heteroatoms. The van der Waals surface area contributed by atoms with Crippen molar-refractivity contribution in [2.24, 2.45) is 0 Å². The lowest BCUT2D eigenvalue weighted by Crippen LogP contribution is -2.22. The predicted molar refractivity (Wildman–Crippen MR) is 105 cm³/mol. The fourth-order valence-electron chi connectivity index (χ4n) is 2.68. The van der Waals surface area contributed by atoms with Crippen molar-refractivity contribution in [1.82, 2.24) is 4.57 Å². The average molecular weight is 494 g/mol. The van der Waals surface area contributed by atoms with Crippen LogP contribution >= 0.6 is 39.1 Å². The minimum Gasteiger partial charge on any atom is -0.337 e. The SMILES string of the molecule is O=C(Cn1cc(C(=O)C(F)(F)F)c2cc(Br)ccc21)Nc1cccc(Cl)c1Cl. The molecular formula is C18H10BrCl2F3N2O2. The van der Waals surface area contributed by atoms with E-state index in [9.17, 15) is 22.8 Å². The molecule has 0 spiro atoms. The van der Waals surface area contributed by atoms with Crippen molar-refractivity contribution < 1.29 is 22.8 Å². The van der Waals surface area contributed by atoms with E-state index in [0.29, 0.717) is 9.99 Å². The number of benzene rings is 2. The molecule has 4 nitrogen and oxygen atoms in total. The molecule has 1 N–H and O–H groups in total. The molecular weight excluding hydrogens is 484 g/mol. The Morgan fingerprint density at radius 3 is 2.54 bits per heavy atom. The second kappa shape index (κ2) is 7.77. The third kappa shape index (κ3) is 4.19. The second-order valence-electron chi connectivity index (χ2n) is 5.81. The van der Waals surface area contributed by atoms with Crippen LogP contribution in [-0.4, -0.2) is 22.4 Å². The molecule has 0 bridgehead atoms. The monoisotopic (exact) mass is 492 g/mol. The summed E-state index contributed by atoms with van der Waals surface area (Å²) in [6, 6.07) is 9.20. The highest BCUT2D eigenvalue weighted by Crippen LogP contribution is 2.31. The van der Waals surface area contributed by atoms with Gasteiger partial charge in [0.05, 0.1) is 21.3 Å². The smallest absolute Gasteiger partial charge is 0.337 e. The van der Waals surface area contributed by atoms with Gasteiger partial charge in [-0.15, -0.1) is 0 Å². The summed E-state index contributed by atoms with van der Waals surface area (Å²) in [6.45, 7) is -0.327. The number of aromatic nitrogens is 1. The van der Waals surface area contributed by atoms with Crippen LogP contribution in [0.2, 0.25) is 10.0 Å². The van der Waals surface area contributed by atoms with Gasteiger partial charge in [-0.25, -0.2) is 0 Å². The van der Waals surface area contributed by atoms with Crippen molar-refractivity contribution in [3.63, 3.8) is 0 Å². The maximum absolute atomic E-state index is 12.9. The minimum absolute atomic E-state index is 0.0882. The van der Waals surface area contributed by atoms with Crippen LogP contribution in [0, 0.1) is 0 Å². The summed E-state index contributed by atoms with van der Waals surface area (Å²) in [6.07, 6.45) is -4.01. The Hall–Kier alpha value is -2.03. The van der Waals surface area contributed by atoms with E-state index in [4.69, 9.17) is 23.2 Å². The maximum atomic E-state index is 12.9. The zero-order valence-electron chi connectivity index (χ0n) is 13.8. The van der Waals surface area contributed by atoms with Crippen molar-refractivity contribution in [3.05, 3.63) is 62.7 Å². The van der Waals surface area contributed by atoms with E-state index in [1.165, 1.54) is 22.8 Å². The van der Waals surface area contributed by atoms with Gasteiger partial charge in [0, 0.05) is 21.6 Å². The fourth-order valence-corrected chi connectivity index (χ4v) is 3.39. The highest BCUT2D eigenvalue weighted by atomic mass is 79.9. The van der Waals surface area contributed by atoms with Crippen LogP contribution in [-0.2, 0) is 11.3 Å². The molecule has 1 amide bonds. The molecule has 0 saturated heterocycles. The van der Waals surface area contributed by atoms with Gasteiger partial charge in [-0.3, -0.25) is 9.59 Å². The zero-order chi connectivity index (χ0) is 20.6. The zero-order valence-corrected chi connectivity index (χ0v) is 16.9. The van der Waals surface area contributed by atoms with E-state index in [0.717, 1.165) is 6.20 Å². The van der Waals surface area contributed by atoms with Crippen LogP contribution in [0.4, 0.5) is 18.9 Å². The molecule has 3 aromatic rings. The van der Waals surface area contributed by atoms with E-state index in [1.807, 2.05) is 0 Å². The van der Waals surface area contributed by atoms with Gasteiger partial charge in [-0.05, 0) is 30.3 Å². The van der Waals surface area contributed by atoms with Gasteiger partial charge in [-0.1, -0.05) is 45.2 Å².